The largest absolute Gasteiger partial charge is 0.377 e. The number of guanidine groups is 1. The van der Waals surface area contributed by atoms with E-state index in [1.54, 1.807) is 14.2 Å². The molecule has 0 radical (unpaired) electrons. The van der Waals surface area contributed by atoms with Gasteiger partial charge in [-0.1, -0.05) is 12.1 Å². The zero-order chi connectivity index (χ0) is 20.6. The van der Waals surface area contributed by atoms with E-state index >= 15 is 0 Å². The number of benzene rings is 1. The molecule has 1 amide bonds. The molecule has 0 aliphatic carbocycles. The Balaban J connectivity index is 0.00000320. The van der Waals surface area contributed by atoms with Gasteiger partial charge in [-0.2, -0.15) is 5.10 Å². The number of nitrogens with one attached hydrogen (secondary N) is 3. The van der Waals surface area contributed by atoms with Crippen LogP contribution in [0.5, 0.6) is 0 Å². The number of aromatic nitrogens is 3. The van der Waals surface area contributed by atoms with Gasteiger partial charge in [-0.3, -0.25) is 9.79 Å². The third kappa shape index (κ3) is 6.39. The molecule has 1 unspecified atom stereocenters. The molecule has 1 atom stereocenters. The average molecular weight is 527 g/mol. The molecule has 3 N–H and O–H groups in total. The molecule has 1 aromatic carbocycles. The zero-order valence-electron chi connectivity index (χ0n) is 17.6. The predicted octanol–water partition coefficient (Wildman–Crippen LogP) is 1.47. The molecule has 30 heavy (non-hydrogen) atoms. The van der Waals surface area contributed by atoms with Crippen molar-refractivity contribution in [1.29, 1.82) is 0 Å². The fourth-order valence-corrected chi connectivity index (χ4v) is 3.28. The summed E-state index contributed by atoms with van der Waals surface area (Å²) in [6.07, 6.45) is 1.83. The number of halogens is 1. The number of methoxy groups -OCH3 is 1. The molecular formula is C20H30IN7O2. The van der Waals surface area contributed by atoms with Crippen LogP contribution < -0.4 is 16.0 Å². The maximum absolute atomic E-state index is 11.8. The van der Waals surface area contributed by atoms with E-state index in [0.717, 1.165) is 42.6 Å². The summed E-state index contributed by atoms with van der Waals surface area (Å²) in [5.74, 6) is 2.42. The highest BCUT2D eigenvalue weighted by Crippen LogP contribution is 2.13. The number of aryl methyl sites for hydroxylation is 1. The first kappa shape index (κ1) is 24.1. The number of amides is 1. The average Bonchev–Trinajstić information content (AvgIpc) is 3.13. The fraction of sp³-hybridized carbons (Fsp3) is 0.500. The Morgan fingerprint density at radius 2 is 2.07 bits per heavy atom. The molecule has 0 bridgehead atoms. The minimum absolute atomic E-state index is 0. The Morgan fingerprint density at radius 1 is 1.30 bits per heavy atom. The van der Waals surface area contributed by atoms with Gasteiger partial charge in [0, 0.05) is 45.3 Å². The Morgan fingerprint density at radius 3 is 2.73 bits per heavy atom. The summed E-state index contributed by atoms with van der Waals surface area (Å²) in [6.45, 7) is 4.32. The first-order valence-electron chi connectivity index (χ1n) is 9.88. The molecule has 0 saturated carbocycles. The van der Waals surface area contributed by atoms with Gasteiger partial charge < -0.3 is 20.7 Å². The Bertz CT molecular complexity index is 851. The summed E-state index contributed by atoms with van der Waals surface area (Å²) in [7, 11) is 3.40. The summed E-state index contributed by atoms with van der Waals surface area (Å²) < 4.78 is 7.06. The third-order valence-electron chi connectivity index (χ3n) is 4.75. The van der Waals surface area contributed by atoms with E-state index in [-0.39, 0.29) is 35.9 Å². The SMILES string of the molecule is CCNC(=O)c1ccc(CNC(=NC)NC2CCc3nc(COC)nn3C2)cc1.I. The van der Waals surface area contributed by atoms with Crippen molar-refractivity contribution in [2.45, 2.75) is 45.5 Å². The summed E-state index contributed by atoms with van der Waals surface area (Å²) in [5, 5.41) is 14.1. The summed E-state index contributed by atoms with van der Waals surface area (Å²) in [6, 6.07) is 7.80. The molecule has 1 aliphatic heterocycles. The number of nitrogens with zero attached hydrogens (tertiary/aromatic N) is 4. The monoisotopic (exact) mass is 527 g/mol. The summed E-state index contributed by atoms with van der Waals surface area (Å²) >= 11 is 0. The molecule has 2 aromatic rings. The number of hydrogen-bond donors (Lipinski definition) is 3. The smallest absolute Gasteiger partial charge is 0.251 e. The fourth-order valence-electron chi connectivity index (χ4n) is 3.28. The van der Waals surface area contributed by atoms with Crippen LogP contribution in [0.2, 0.25) is 0 Å². The lowest BCUT2D eigenvalue weighted by Gasteiger charge is -2.25. The van der Waals surface area contributed by atoms with Crippen LogP contribution in [-0.2, 0) is 30.9 Å². The van der Waals surface area contributed by atoms with Crippen LogP contribution in [0.3, 0.4) is 0 Å². The van der Waals surface area contributed by atoms with E-state index in [0.29, 0.717) is 25.3 Å². The Labute approximate surface area is 194 Å². The van der Waals surface area contributed by atoms with Gasteiger partial charge in [0.15, 0.2) is 11.8 Å². The van der Waals surface area contributed by atoms with E-state index in [2.05, 4.69) is 31.0 Å². The molecular weight excluding hydrogens is 497 g/mol. The van der Waals surface area contributed by atoms with Gasteiger partial charge in [-0.05, 0) is 31.0 Å². The Hall–Kier alpha value is -2.21. The van der Waals surface area contributed by atoms with Crippen molar-refractivity contribution in [1.82, 2.24) is 30.7 Å². The van der Waals surface area contributed by atoms with Crippen LogP contribution in [0.25, 0.3) is 0 Å². The number of carbonyl (C=O) groups excluding carboxylic acids is 1. The molecule has 9 nitrogen and oxygen atoms in total. The first-order valence-corrected chi connectivity index (χ1v) is 9.88. The van der Waals surface area contributed by atoms with E-state index in [1.165, 1.54) is 0 Å². The lowest BCUT2D eigenvalue weighted by Crippen LogP contribution is -2.46. The lowest BCUT2D eigenvalue weighted by molar-refractivity contribution is 0.0956. The molecule has 2 heterocycles. The number of fused-ring (bicyclic) bond motifs is 1. The zero-order valence-corrected chi connectivity index (χ0v) is 20.0. The highest BCUT2D eigenvalue weighted by Gasteiger charge is 2.22. The van der Waals surface area contributed by atoms with Gasteiger partial charge in [-0.15, -0.1) is 24.0 Å². The van der Waals surface area contributed by atoms with Crippen LogP contribution >= 0.6 is 24.0 Å². The molecule has 10 heteroatoms. The number of hydrogen-bond acceptors (Lipinski definition) is 5. The minimum atomic E-state index is -0.0529. The number of ether oxygens (including phenoxy) is 1. The van der Waals surface area contributed by atoms with E-state index in [1.807, 2.05) is 35.9 Å². The molecule has 1 aliphatic rings. The molecule has 0 fully saturated rings. The van der Waals surface area contributed by atoms with Crippen LogP contribution in [-0.4, -0.2) is 53.4 Å². The van der Waals surface area contributed by atoms with Crippen molar-refractivity contribution in [2.75, 3.05) is 20.7 Å². The molecule has 164 valence electrons. The lowest BCUT2D eigenvalue weighted by atomic mass is 10.1. The second kappa shape index (κ2) is 11.8. The van der Waals surface area contributed by atoms with Gasteiger partial charge in [0.25, 0.3) is 5.91 Å². The second-order valence-electron chi connectivity index (χ2n) is 6.92. The van der Waals surface area contributed by atoms with Gasteiger partial charge in [-0.25, -0.2) is 9.67 Å². The highest BCUT2D eigenvalue weighted by atomic mass is 127. The third-order valence-corrected chi connectivity index (χ3v) is 4.75. The number of aliphatic imine (C=N–C) groups is 1. The quantitative estimate of drug-likeness (QED) is 0.286. The molecule has 1 aromatic heterocycles. The summed E-state index contributed by atoms with van der Waals surface area (Å²) in [5.41, 5.74) is 1.74. The van der Waals surface area contributed by atoms with Crippen LogP contribution in [0.4, 0.5) is 0 Å². The van der Waals surface area contributed by atoms with Crippen LogP contribution in [0, 0.1) is 0 Å². The highest BCUT2D eigenvalue weighted by molar-refractivity contribution is 14.0. The maximum atomic E-state index is 11.8. The van der Waals surface area contributed by atoms with E-state index in [9.17, 15) is 4.79 Å². The van der Waals surface area contributed by atoms with Crippen molar-refractivity contribution < 1.29 is 9.53 Å². The molecule has 0 spiro atoms. The number of rotatable bonds is 7. The van der Waals surface area contributed by atoms with E-state index in [4.69, 9.17) is 4.74 Å². The maximum Gasteiger partial charge on any atom is 0.251 e. The van der Waals surface area contributed by atoms with Crippen LogP contribution in [0.15, 0.2) is 29.3 Å². The number of carbonyl (C=O) groups is 1. The van der Waals surface area contributed by atoms with Crippen molar-refractivity contribution in [3.63, 3.8) is 0 Å². The van der Waals surface area contributed by atoms with Crippen LogP contribution in [0.1, 0.15) is 40.9 Å². The van der Waals surface area contributed by atoms with Crippen molar-refractivity contribution in [2.24, 2.45) is 4.99 Å². The summed E-state index contributed by atoms with van der Waals surface area (Å²) in [4.78, 5) is 20.7. The van der Waals surface area contributed by atoms with Gasteiger partial charge in [0.1, 0.15) is 12.4 Å². The Kier molecular flexibility index (Phi) is 9.50. The second-order valence-corrected chi connectivity index (χ2v) is 6.92. The van der Waals surface area contributed by atoms with Crippen molar-refractivity contribution >= 4 is 35.8 Å². The minimum Gasteiger partial charge on any atom is -0.377 e. The van der Waals surface area contributed by atoms with Gasteiger partial charge in [0.05, 0.1) is 6.54 Å². The molecule has 3 rings (SSSR count). The predicted molar refractivity (Wildman–Crippen MR) is 126 cm³/mol. The standard InChI is InChI=1S/C20H29N7O2.HI/c1-4-22-19(28)15-7-5-14(6-8-15)11-23-20(21-2)24-16-9-10-18-25-17(13-29-3)26-27(18)12-16;/h5-8,16H,4,9-13H2,1-3H3,(H,22,28)(H2,21,23,24);1H. The van der Waals surface area contributed by atoms with Gasteiger partial charge >= 0.3 is 0 Å². The first-order chi connectivity index (χ1) is 14.1. The van der Waals surface area contributed by atoms with E-state index < -0.39 is 0 Å². The van der Waals surface area contributed by atoms with Crippen molar-refractivity contribution in [3.05, 3.63) is 47.0 Å². The van der Waals surface area contributed by atoms with Crippen molar-refractivity contribution in [3.8, 4) is 0 Å². The normalized spacial score (nSPS) is 15.7. The van der Waals surface area contributed by atoms with Gasteiger partial charge in [0.2, 0.25) is 0 Å². The molecule has 0 saturated heterocycles. The topological polar surface area (TPSA) is 105 Å².